The maximum atomic E-state index is 12.2. The van der Waals surface area contributed by atoms with Crippen molar-refractivity contribution in [2.75, 3.05) is 24.7 Å². The van der Waals surface area contributed by atoms with E-state index >= 15 is 0 Å². The quantitative estimate of drug-likeness (QED) is 0.450. The van der Waals surface area contributed by atoms with E-state index in [2.05, 4.69) is 25.8 Å². The Kier molecular flexibility index (Phi) is 6.74. The summed E-state index contributed by atoms with van der Waals surface area (Å²) in [6.07, 6.45) is 5.41. The summed E-state index contributed by atoms with van der Waals surface area (Å²) in [4.78, 5) is 17.7. The van der Waals surface area contributed by atoms with Crippen LogP contribution in [-0.2, 0) is 0 Å². The highest BCUT2D eigenvalue weighted by Gasteiger charge is 2.38. The average Bonchev–Trinajstić information content (AvgIpc) is 2.49. The highest BCUT2D eigenvalue weighted by Crippen LogP contribution is 2.61. The molecule has 0 N–H and O–H groups in total. The van der Waals surface area contributed by atoms with Gasteiger partial charge < -0.3 is 0 Å². The van der Waals surface area contributed by atoms with Gasteiger partial charge in [0.15, 0.2) is 0 Å². The van der Waals surface area contributed by atoms with Crippen molar-refractivity contribution in [2.24, 2.45) is 4.99 Å². The summed E-state index contributed by atoms with van der Waals surface area (Å²) in [6, 6.07) is 9.33. The van der Waals surface area contributed by atoms with E-state index in [1.54, 1.807) is 11.8 Å². The van der Waals surface area contributed by atoms with Crippen molar-refractivity contribution in [3.8, 4) is 0 Å². The molecule has 1 aromatic rings. The van der Waals surface area contributed by atoms with Gasteiger partial charge in [0.1, 0.15) is 0 Å². The van der Waals surface area contributed by atoms with E-state index in [4.69, 9.17) is 0 Å². The molecule has 4 heteroatoms. The van der Waals surface area contributed by atoms with Crippen molar-refractivity contribution < 1.29 is 4.79 Å². The predicted molar refractivity (Wildman–Crippen MR) is 90.3 cm³/mol. The summed E-state index contributed by atoms with van der Waals surface area (Å²) < 4.78 is 0. The topological polar surface area (TPSA) is 29.4 Å². The fourth-order valence-electron chi connectivity index (χ4n) is 2.15. The zero-order valence-electron chi connectivity index (χ0n) is 12.2. The minimum absolute atomic E-state index is 0.107. The normalized spacial score (nSPS) is 12.5. The van der Waals surface area contributed by atoms with E-state index < -0.39 is 7.26 Å². The summed E-state index contributed by atoms with van der Waals surface area (Å²) in [5, 5.41) is 0. The Morgan fingerprint density at radius 1 is 1.11 bits per heavy atom. The van der Waals surface area contributed by atoms with Crippen molar-refractivity contribution in [3.05, 3.63) is 35.9 Å². The summed E-state index contributed by atoms with van der Waals surface area (Å²) in [6.45, 7) is 6.67. The van der Waals surface area contributed by atoms with Crippen LogP contribution in [0.4, 0.5) is 0 Å². The number of aliphatic imine (C=N–C) groups is 1. The van der Waals surface area contributed by atoms with Gasteiger partial charge in [-0.3, -0.25) is 4.79 Å². The molecule has 0 unspecified atom stereocenters. The molecule has 0 aromatic heterocycles. The monoisotopic (exact) mass is 296 g/mol. The number of thioether (sulfide) groups is 1. The van der Waals surface area contributed by atoms with Gasteiger partial charge in [-0.25, -0.2) is 0 Å². The molecule has 0 atom stereocenters. The molecule has 0 fully saturated rings. The maximum absolute atomic E-state index is 12.2. The van der Waals surface area contributed by atoms with Gasteiger partial charge >= 0.3 is 0 Å². The number of carbonyl (C=O) groups excluding carboxylic acids is 1. The van der Waals surface area contributed by atoms with Crippen molar-refractivity contribution >= 4 is 29.7 Å². The Bertz CT molecular complexity index is 432. The lowest BCUT2D eigenvalue weighted by molar-refractivity contribution is 0.100. The van der Waals surface area contributed by atoms with Crippen molar-refractivity contribution in [1.82, 2.24) is 0 Å². The van der Waals surface area contributed by atoms with Crippen molar-refractivity contribution in [2.45, 2.75) is 20.8 Å². The molecule has 1 amide bonds. The smallest absolute Gasteiger partial charge is 0.267 e. The molecule has 19 heavy (non-hydrogen) atoms. The van der Waals surface area contributed by atoms with Crippen LogP contribution in [0.2, 0.25) is 0 Å². The van der Waals surface area contributed by atoms with Crippen LogP contribution in [0, 0.1) is 0 Å². The molecule has 0 spiro atoms. The number of nitrogens with zero attached hydrogens (tertiary/aromatic N) is 1. The Labute approximate surface area is 121 Å². The molecule has 0 bridgehead atoms. The van der Waals surface area contributed by atoms with Crippen LogP contribution in [0.3, 0.4) is 0 Å². The number of rotatable bonds is 5. The first kappa shape index (κ1) is 16.4. The maximum Gasteiger partial charge on any atom is 0.280 e. The average molecular weight is 296 g/mol. The van der Waals surface area contributed by atoms with Gasteiger partial charge in [-0.2, -0.15) is 4.99 Å². The Hall–Kier alpha value is -0.660. The number of carbonyl (C=O) groups is 1. The van der Waals surface area contributed by atoms with Crippen LogP contribution < -0.4 is 0 Å². The second kappa shape index (κ2) is 7.81. The third-order valence-corrected chi connectivity index (χ3v) is 10.3. The first-order chi connectivity index (χ1) is 9.13. The highest BCUT2D eigenvalue weighted by atomic mass is 32.2. The van der Waals surface area contributed by atoms with Crippen molar-refractivity contribution in [3.63, 3.8) is 0 Å². The largest absolute Gasteiger partial charge is 0.280 e. The molecule has 1 aromatic carbocycles. The molecular weight excluding hydrogens is 273 g/mol. The number of hydrogen-bond acceptors (Lipinski definition) is 2. The second-order valence-electron chi connectivity index (χ2n) is 4.36. The SMILES string of the molecule is CC[P+](CC)(CC)C(=NC(=O)c1ccccc1)SC. The van der Waals surface area contributed by atoms with Gasteiger partial charge in [0.25, 0.3) is 5.91 Å². The lowest BCUT2D eigenvalue weighted by Gasteiger charge is -2.22. The van der Waals surface area contributed by atoms with Crippen LogP contribution >= 0.6 is 19.0 Å². The molecule has 104 valence electrons. The van der Waals surface area contributed by atoms with E-state index in [1.165, 1.54) is 0 Å². The predicted octanol–water partition coefficient (Wildman–Crippen LogP) is 4.62. The Morgan fingerprint density at radius 3 is 2.05 bits per heavy atom. The molecule has 0 saturated heterocycles. The van der Waals surface area contributed by atoms with E-state index in [1.807, 2.05) is 36.6 Å². The lowest BCUT2D eigenvalue weighted by atomic mass is 10.2. The van der Waals surface area contributed by atoms with Crippen LogP contribution in [-0.4, -0.2) is 35.4 Å². The molecule has 0 radical (unpaired) electrons. The van der Waals surface area contributed by atoms with Crippen LogP contribution in [0.15, 0.2) is 35.3 Å². The molecular formula is C15H23NOPS+. The number of benzene rings is 1. The highest BCUT2D eigenvalue weighted by molar-refractivity contribution is 8.29. The Balaban J connectivity index is 3.09. The summed E-state index contributed by atoms with van der Waals surface area (Å²) in [5.74, 6) is -0.107. The molecule has 2 nitrogen and oxygen atoms in total. The minimum Gasteiger partial charge on any atom is -0.267 e. The third kappa shape index (κ3) is 3.90. The van der Waals surface area contributed by atoms with Gasteiger partial charge in [-0.05, 0) is 39.2 Å². The molecule has 0 aliphatic rings. The lowest BCUT2D eigenvalue weighted by Crippen LogP contribution is -2.13. The zero-order valence-corrected chi connectivity index (χ0v) is 13.9. The standard InChI is InChI=1S/C15H23NOPS/c1-5-18(6-2,7-3)15(19-4)16-14(17)13-11-9-8-10-12-13/h8-12H,5-7H2,1-4H3/q+1. The third-order valence-electron chi connectivity index (χ3n) is 3.62. The van der Waals surface area contributed by atoms with Crippen LogP contribution in [0.1, 0.15) is 31.1 Å². The summed E-state index contributed by atoms with van der Waals surface area (Å²) in [7, 11) is -1.23. The molecule has 0 aliphatic heterocycles. The summed E-state index contributed by atoms with van der Waals surface area (Å²) in [5.41, 5.74) is 0.676. The van der Waals surface area contributed by atoms with E-state index in [0.717, 1.165) is 23.3 Å². The van der Waals surface area contributed by atoms with Crippen LogP contribution in [0.25, 0.3) is 0 Å². The van der Waals surface area contributed by atoms with Gasteiger partial charge in [-0.15, -0.1) is 0 Å². The zero-order chi connectivity index (χ0) is 14.3. The second-order valence-corrected chi connectivity index (χ2v) is 10.1. The molecule has 0 saturated carbocycles. The van der Waals surface area contributed by atoms with Crippen LogP contribution in [0.5, 0.6) is 0 Å². The Morgan fingerprint density at radius 2 is 1.63 bits per heavy atom. The van der Waals surface area contributed by atoms with Gasteiger partial charge in [0.2, 0.25) is 4.78 Å². The number of amides is 1. The fourth-order valence-corrected chi connectivity index (χ4v) is 7.50. The first-order valence-electron chi connectivity index (χ1n) is 6.72. The summed E-state index contributed by atoms with van der Waals surface area (Å²) >= 11 is 1.65. The van der Waals surface area contributed by atoms with Crippen molar-refractivity contribution in [1.29, 1.82) is 0 Å². The van der Waals surface area contributed by atoms with E-state index in [0.29, 0.717) is 5.56 Å². The van der Waals surface area contributed by atoms with Gasteiger partial charge in [-0.1, -0.05) is 30.0 Å². The van der Waals surface area contributed by atoms with E-state index in [9.17, 15) is 4.79 Å². The molecule has 0 heterocycles. The van der Waals surface area contributed by atoms with E-state index in [-0.39, 0.29) is 5.91 Å². The first-order valence-corrected chi connectivity index (χ1v) is 10.3. The van der Waals surface area contributed by atoms with Gasteiger partial charge in [0.05, 0.1) is 25.7 Å². The fraction of sp³-hybridized carbons (Fsp3) is 0.467. The van der Waals surface area contributed by atoms with Gasteiger partial charge in [0, 0.05) is 5.56 Å². The molecule has 1 rings (SSSR count). The molecule has 0 aliphatic carbocycles. The number of hydrogen-bond donors (Lipinski definition) is 0. The minimum atomic E-state index is -1.23.